The summed E-state index contributed by atoms with van der Waals surface area (Å²) in [4.78, 5) is 10.6. The van der Waals surface area contributed by atoms with Crippen molar-refractivity contribution in [3.05, 3.63) is 40.3 Å². The molecule has 16 heavy (non-hydrogen) atoms. The summed E-state index contributed by atoms with van der Waals surface area (Å²) in [7, 11) is -3.82. The predicted molar refractivity (Wildman–Crippen MR) is 55.9 cm³/mol. The van der Waals surface area contributed by atoms with Gasteiger partial charge in [-0.15, -0.1) is 0 Å². The largest absolute Gasteiger partial charge is 0.264 e. The Morgan fingerprint density at radius 2 is 1.81 bits per heavy atom. The van der Waals surface area contributed by atoms with Gasteiger partial charge in [-0.2, -0.15) is 0 Å². The van der Waals surface area contributed by atoms with E-state index in [-0.39, 0.29) is 4.90 Å². The first-order valence-corrected chi connectivity index (χ1v) is 5.34. The lowest BCUT2D eigenvalue weighted by Crippen LogP contribution is -1.94. The van der Waals surface area contributed by atoms with Crippen LogP contribution in [0.2, 0.25) is 0 Å². The molecule has 0 saturated heterocycles. The Bertz CT molecular complexity index is 523. The molecule has 84 valence electrons. The number of azide groups is 1. The lowest BCUT2D eigenvalue weighted by atomic mass is 10.2. The minimum atomic E-state index is -3.82. The fraction of sp³-hybridized carbons (Fsp3) is 0.125. The van der Waals surface area contributed by atoms with E-state index in [1.54, 1.807) is 12.1 Å². The third-order valence-corrected chi connectivity index (χ3v) is 2.62. The first kappa shape index (κ1) is 13.9. The number of carbonyl (C=O) groups excluding carboxylic acids is 1. The summed E-state index contributed by atoms with van der Waals surface area (Å²) in [6.45, 7) is 1.84. The van der Waals surface area contributed by atoms with Crippen LogP contribution in [0, 0.1) is 12.3 Å². The molecule has 7 nitrogen and oxygen atoms in total. The van der Waals surface area contributed by atoms with Crippen LogP contribution in [0.15, 0.2) is 33.7 Å². The van der Waals surface area contributed by atoms with E-state index in [0.717, 1.165) is 11.6 Å². The molecule has 0 spiro atoms. The molecule has 1 rings (SSSR count). The smallest absolute Gasteiger partial charge is 0.222 e. The molecule has 0 radical (unpaired) electrons. The molecule has 0 unspecified atom stereocenters. The summed E-state index contributed by atoms with van der Waals surface area (Å²) >= 11 is 0. The Morgan fingerprint density at radius 3 is 2.19 bits per heavy atom. The Hall–Kier alpha value is -2.14. The van der Waals surface area contributed by atoms with Crippen LogP contribution in [-0.4, -0.2) is 14.5 Å². The van der Waals surface area contributed by atoms with Crippen molar-refractivity contribution in [2.75, 3.05) is 0 Å². The quantitative estimate of drug-likeness (QED) is 0.279. The van der Waals surface area contributed by atoms with Crippen LogP contribution in [-0.2, 0) is 14.8 Å². The molecule has 0 aliphatic carbocycles. The molecule has 0 heterocycles. The second-order valence-electron chi connectivity index (χ2n) is 2.56. The molecular weight excluding hydrogens is 232 g/mol. The number of nitrogens with one attached hydrogen (secondary N) is 1. The van der Waals surface area contributed by atoms with E-state index in [9.17, 15) is 8.42 Å². The molecule has 0 saturated carbocycles. The molecule has 0 aliphatic heterocycles. The Morgan fingerprint density at radius 1 is 1.38 bits per heavy atom. The van der Waals surface area contributed by atoms with Crippen LogP contribution in [0.1, 0.15) is 5.56 Å². The van der Waals surface area contributed by atoms with Crippen molar-refractivity contribution < 1.29 is 13.2 Å². The van der Waals surface area contributed by atoms with E-state index < -0.39 is 10.0 Å². The number of sulfonamides is 1. The molecule has 1 N–H and O–H groups in total. The molecule has 1 aromatic carbocycles. The van der Waals surface area contributed by atoms with E-state index >= 15 is 0 Å². The van der Waals surface area contributed by atoms with E-state index in [2.05, 4.69) is 9.43 Å². The van der Waals surface area contributed by atoms with Gasteiger partial charge in [0, 0.05) is 9.43 Å². The van der Waals surface area contributed by atoms with Crippen molar-refractivity contribution in [2.45, 2.75) is 11.8 Å². The van der Waals surface area contributed by atoms with Gasteiger partial charge in [0.15, 0.2) is 0 Å². The zero-order chi connectivity index (χ0) is 12.6. The topological polar surface area (TPSA) is 124 Å². The van der Waals surface area contributed by atoms with Gasteiger partial charge in [0.2, 0.25) is 6.08 Å². The van der Waals surface area contributed by atoms with Crippen LogP contribution in [0.5, 0.6) is 0 Å². The number of isocyanates is 1. The molecule has 0 aliphatic rings. The third kappa shape index (κ3) is 4.39. The fourth-order valence-corrected chi connectivity index (χ4v) is 1.48. The Balaban J connectivity index is 0.000000673. The van der Waals surface area contributed by atoms with Gasteiger partial charge < -0.3 is 0 Å². The first-order valence-electron chi connectivity index (χ1n) is 3.90. The van der Waals surface area contributed by atoms with E-state index in [1.165, 1.54) is 12.1 Å². The summed E-state index contributed by atoms with van der Waals surface area (Å²) < 4.78 is 25.0. The van der Waals surface area contributed by atoms with Crippen molar-refractivity contribution in [1.82, 2.24) is 0 Å². The molecular formula is C8H8N4O3S. The summed E-state index contributed by atoms with van der Waals surface area (Å²) in [6.07, 6.45) is 0.750. The van der Waals surface area contributed by atoms with Crippen molar-refractivity contribution >= 4 is 16.1 Å². The SMILES string of the molecule is Cc1ccc(S(=O)(=O)N=[N+]=[N-])cc1.N=C=O. The normalized spacial score (nSPS) is 9.06. The van der Waals surface area contributed by atoms with Crippen LogP contribution in [0.4, 0.5) is 0 Å². The van der Waals surface area contributed by atoms with Gasteiger partial charge in [0.25, 0.3) is 10.0 Å². The summed E-state index contributed by atoms with van der Waals surface area (Å²) in [5.74, 6) is 0. The predicted octanol–water partition coefficient (Wildman–Crippen LogP) is 1.89. The zero-order valence-corrected chi connectivity index (χ0v) is 9.10. The summed E-state index contributed by atoms with van der Waals surface area (Å²) in [5.41, 5.74) is 8.94. The molecule has 0 bridgehead atoms. The van der Waals surface area contributed by atoms with Gasteiger partial charge in [-0.25, -0.2) is 18.6 Å². The van der Waals surface area contributed by atoms with E-state index in [1.807, 2.05) is 6.92 Å². The lowest BCUT2D eigenvalue weighted by Gasteiger charge is -1.96. The minimum Gasteiger partial charge on any atom is -0.222 e. The van der Waals surface area contributed by atoms with Gasteiger partial charge in [-0.05, 0) is 24.6 Å². The highest BCUT2D eigenvalue weighted by Crippen LogP contribution is 2.12. The number of nitrogens with zero attached hydrogens (tertiary/aromatic N) is 3. The third-order valence-electron chi connectivity index (χ3n) is 1.46. The first-order chi connectivity index (χ1) is 7.47. The van der Waals surface area contributed by atoms with Crippen LogP contribution >= 0.6 is 0 Å². The maximum atomic E-state index is 11.1. The lowest BCUT2D eigenvalue weighted by molar-refractivity contribution is 0.562. The second-order valence-corrected chi connectivity index (χ2v) is 4.15. The number of aryl methyl sites for hydroxylation is 1. The Kier molecular flexibility index (Phi) is 5.51. The molecule has 0 fully saturated rings. The highest BCUT2D eigenvalue weighted by Gasteiger charge is 2.10. The van der Waals surface area contributed by atoms with E-state index in [0.29, 0.717) is 0 Å². The van der Waals surface area contributed by atoms with Crippen LogP contribution < -0.4 is 0 Å². The van der Waals surface area contributed by atoms with Gasteiger partial charge in [-0.1, -0.05) is 17.7 Å². The minimum absolute atomic E-state index is 0.0101. The van der Waals surface area contributed by atoms with Gasteiger partial charge in [0.1, 0.15) is 0 Å². The van der Waals surface area contributed by atoms with Crippen molar-refractivity contribution in [3.8, 4) is 0 Å². The zero-order valence-electron chi connectivity index (χ0n) is 8.28. The highest BCUT2D eigenvalue weighted by molar-refractivity contribution is 7.90. The fourth-order valence-electron chi connectivity index (χ4n) is 0.805. The summed E-state index contributed by atoms with van der Waals surface area (Å²) in [6, 6.07) is 6.08. The molecule has 0 atom stereocenters. The van der Waals surface area contributed by atoms with Gasteiger partial charge in [0.05, 0.1) is 4.90 Å². The molecule has 8 heteroatoms. The van der Waals surface area contributed by atoms with Crippen molar-refractivity contribution in [3.63, 3.8) is 0 Å². The van der Waals surface area contributed by atoms with Gasteiger partial charge >= 0.3 is 0 Å². The second kappa shape index (κ2) is 6.36. The highest BCUT2D eigenvalue weighted by atomic mass is 32.2. The maximum absolute atomic E-state index is 11.1. The number of benzene rings is 1. The van der Waals surface area contributed by atoms with Gasteiger partial charge in [-0.3, -0.25) is 0 Å². The molecule has 0 aromatic heterocycles. The van der Waals surface area contributed by atoms with Crippen LogP contribution in [0.3, 0.4) is 0 Å². The molecule has 0 amide bonds. The Labute approximate surface area is 91.9 Å². The van der Waals surface area contributed by atoms with E-state index in [4.69, 9.17) is 15.7 Å². The number of rotatable bonds is 2. The van der Waals surface area contributed by atoms with Crippen molar-refractivity contribution in [1.29, 1.82) is 5.41 Å². The van der Waals surface area contributed by atoms with Crippen molar-refractivity contribution in [2.24, 2.45) is 4.52 Å². The monoisotopic (exact) mass is 240 g/mol. The summed E-state index contributed by atoms with van der Waals surface area (Å²) in [5, 5.41) is 5.40. The number of hydrogen-bond donors (Lipinski definition) is 1. The average molecular weight is 240 g/mol. The van der Waals surface area contributed by atoms with Crippen LogP contribution in [0.25, 0.3) is 10.4 Å². The standard InChI is InChI=1S/C7H7N3O2S.CHNO/c1-6-2-4-7(5-3-6)13(11,12)10-9-8;2-1-3/h2-5H,1H3;2H. The molecule has 1 aromatic rings. The maximum Gasteiger partial charge on any atom is 0.264 e. The number of hydrogen-bond acceptors (Lipinski definition) is 4. The average Bonchev–Trinajstić information content (AvgIpc) is 2.19.